The zero-order chi connectivity index (χ0) is 29.7. The summed E-state index contributed by atoms with van der Waals surface area (Å²) in [6, 6.07) is 37.2. The molecule has 45 heavy (non-hydrogen) atoms. The zero-order valence-corrected chi connectivity index (χ0v) is 25.6. The summed E-state index contributed by atoms with van der Waals surface area (Å²) in [6.45, 7) is 0. The highest BCUT2D eigenvalue weighted by atomic mass is 15.2. The summed E-state index contributed by atoms with van der Waals surface area (Å²) in [4.78, 5) is 2.62. The van der Waals surface area contributed by atoms with Crippen molar-refractivity contribution >= 4 is 34.4 Å². The van der Waals surface area contributed by atoms with Crippen LogP contribution >= 0.6 is 0 Å². The normalized spacial score (nSPS) is 23.2. The van der Waals surface area contributed by atoms with Crippen molar-refractivity contribution in [3.63, 3.8) is 0 Å². The van der Waals surface area contributed by atoms with Crippen molar-refractivity contribution in [1.82, 2.24) is 4.57 Å². The number of hydrogen-bond donors (Lipinski definition) is 0. The third-order valence-electron chi connectivity index (χ3n) is 10.6. The van der Waals surface area contributed by atoms with Gasteiger partial charge in [-0.1, -0.05) is 109 Å². The lowest BCUT2D eigenvalue weighted by atomic mass is 9.79. The lowest BCUT2D eigenvalue weighted by Crippen LogP contribution is -2.33. The van der Waals surface area contributed by atoms with Crippen LogP contribution in [0, 0.1) is 0 Å². The van der Waals surface area contributed by atoms with Gasteiger partial charge in [-0.2, -0.15) is 0 Å². The van der Waals surface area contributed by atoms with E-state index in [1.807, 2.05) is 0 Å². The van der Waals surface area contributed by atoms with E-state index < -0.39 is 0 Å². The molecule has 0 N–H and O–H groups in total. The van der Waals surface area contributed by atoms with E-state index in [0.717, 1.165) is 19.3 Å². The summed E-state index contributed by atoms with van der Waals surface area (Å²) >= 11 is 0. The Balaban J connectivity index is 1.09. The number of allylic oxidation sites excluding steroid dienone is 5. The standard InChI is InChI=1S/C43H38N2/c1-4-12-30(13-5-1)31-20-24-35(25-21-31)45-40-19-11-10-17-36(40)38-26-22-33(29-43(38)45)32-23-27-42-39(28-32)37-16-8-3-9-18-41(37)44(42)34-14-6-2-7-15-34/h1-2,4-6,8-13,16-28,33-34,38,43H,3,7,14-15,29H2. The number of fused-ring (bicyclic) bond motifs is 6. The van der Waals surface area contributed by atoms with E-state index in [0.29, 0.717) is 23.9 Å². The topological polar surface area (TPSA) is 8.17 Å². The minimum Gasteiger partial charge on any atom is -0.337 e. The maximum absolute atomic E-state index is 2.64. The minimum absolute atomic E-state index is 0.373. The molecule has 3 aliphatic carbocycles. The van der Waals surface area contributed by atoms with E-state index in [4.69, 9.17) is 0 Å². The van der Waals surface area contributed by atoms with E-state index >= 15 is 0 Å². The number of nitrogens with zero attached hydrogens (tertiary/aromatic N) is 2. The molecule has 0 radical (unpaired) electrons. The molecule has 0 spiro atoms. The van der Waals surface area contributed by atoms with Crippen LogP contribution in [0.25, 0.3) is 34.2 Å². The average molecular weight is 583 g/mol. The van der Waals surface area contributed by atoms with E-state index in [9.17, 15) is 0 Å². The van der Waals surface area contributed by atoms with Gasteiger partial charge in [0.2, 0.25) is 0 Å². The highest BCUT2D eigenvalue weighted by molar-refractivity contribution is 5.95. The second-order valence-corrected chi connectivity index (χ2v) is 13.1. The predicted molar refractivity (Wildman–Crippen MR) is 190 cm³/mol. The Morgan fingerprint density at radius 1 is 0.689 bits per heavy atom. The molecule has 4 atom stereocenters. The molecule has 0 fully saturated rings. The van der Waals surface area contributed by atoms with Gasteiger partial charge in [0.1, 0.15) is 0 Å². The Bertz CT molecular complexity index is 2000. The summed E-state index contributed by atoms with van der Waals surface area (Å²) in [5.41, 5.74) is 12.2. The van der Waals surface area contributed by atoms with Crippen molar-refractivity contribution in [3.05, 3.63) is 156 Å². The van der Waals surface area contributed by atoms with E-state index in [2.05, 4.69) is 155 Å². The van der Waals surface area contributed by atoms with Crippen LogP contribution in [-0.4, -0.2) is 10.6 Å². The van der Waals surface area contributed by atoms with Crippen LogP contribution in [0.15, 0.2) is 134 Å². The molecule has 220 valence electrons. The average Bonchev–Trinajstić information content (AvgIpc) is 3.48. The summed E-state index contributed by atoms with van der Waals surface area (Å²) in [6.07, 6.45) is 24.7. The molecule has 1 aliphatic heterocycles. The lowest BCUT2D eigenvalue weighted by Gasteiger charge is -2.35. The highest BCUT2D eigenvalue weighted by Gasteiger charge is 2.41. The van der Waals surface area contributed by atoms with Gasteiger partial charge in [0.25, 0.3) is 0 Å². The van der Waals surface area contributed by atoms with Gasteiger partial charge >= 0.3 is 0 Å². The summed E-state index contributed by atoms with van der Waals surface area (Å²) < 4.78 is 2.64. The predicted octanol–water partition coefficient (Wildman–Crippen LogP) is 11.4. The van der Waals surface area contributed by atoms with Gasteiger partial charge in [0.15, 0.2) is 0 Å². The molecule has 5 aromatic rings. The molecule has 1 aromatic heterocycles. The Kier molecular flexibility index (Phi) is 6.47. The van der Waals surface area contributed by atoms with Gasteiger partial charge in [-0.05, 0) is 90.8 Å². The van der Waals surface area contributed by atoms with E-state index in [-0.39, 0.29) is 0 Å². The van der Waals surface area contributed by atoms with Crippen molar-refractivity contribution in [2.24, 2.45) is 0 Å². The number of benzene rings is 4. The fourth-order valence-electron chi connectivity index (χ4n) is 8.44. The van der Waals surface area contributed by atoms with Crippen LogP contribution in [0.5, 0.6) is 0 Å². The van der Waals surface area contributed by atoms with E-state index in [1.54, 1.807) is 0 Å². The van der Waals surface area contributed by atoms with Gasteiger partial charge in [-0.25, -0.2) is 0 Å². The zero-order valence-electron chi connectivity index (χ0n) is 25.6. The van der Waals surface area contributed by atoms with Crippen molar-refractivity contribution in [2.75, 3.05) is 4.90 Å². The molecule has 0 bridgehead atoms. The first-order valence-electron chi connectivity index (χ1n) is 16.7. The van der Waals surface area contributed by atoms with Crippen LogP contribution in [-0.2, 0) is 0 Å². The summed E-state index contributed by atoms with van der Waals surface area (Å²) in [5.74, 6) is 0.776. The van der Waals surface area contributed by atoms with Gasteiger partial charge in [0.05, 0.1) is 0 Å². The molecular formula is C43H38N2. The second-order valence-electron chi connectivity index (χ2n) is 13.1. The number of rotatable bonds is 4. The molecule has 0 saturated carbocycles. The minimum atomic E-state index is 0.373. The smallest absolute Gasteiger partial charge is 0.0494 e. The quantitative estimate of drug-likeness (QED) is 0.191. The molecule has 0 saturated heterocycles. The Labute approximate surface area is 266 Å². The first kappa shape index (κ1) is 26.6. The summed E-state index contributed by atoms with van der Waals surface area (Å²) in [7, 11) is 0. The third-order valence-corrected chi connectivity index (χ3v) is 10.6. The van der Waals surface area contributed by atoms with Gasteiger partial charge in [-0.3, -0.25) is 0 Å². The Hall–Kier alpha value is -4.82. The Morgan fingerprint density at radius 3 is 2.38 bits per heavy atom. The van der Waals surface area contributed by atoms with Crippen LogP contribution in [0.4, 0.5) is 11.4 Å². The first-order valence-corrected chi connectivity index (χ1v) is 16.7. The highest BCUT2D eigenvalue weighted by Crippen LogP contribution is 2.51. The molecule has 9 rings (SSSR count). The SMILES string of the molecule is C1=Cc2c(n(C3CC=CCC3)c3ccc(C4C=CC5c6ccccc6N(c6ccc(-c7ccccc7)cc6)C5C4)cc23)C=CC1. The molecule has 2 nitrogen and oxygen atoms in total. The molecule has 2 heterocycles. The monoisotopic (exact) mass is 582 g/mol. The molecule has 4 unspecified atom stereocenters. The maximum atomic E-state index is 2.64. The van der Waals surface area contributed by atoms with Crippen LogP contribution in [0.3, 0.4) is 0 Å². The van der Waals surface area contributed by atoms with Crippen LogP contribution < -0.4 is 4.90 Å². The van der Waals surface area contributed by atoms with E-state index in [1.165, 1.54) is 68.6 Å². The largest absolute Gasteiger partial charge is 0.337 e. The first-order chi connectivity index (χ1) is 22.3. The number of aromatic nitrogens is 1. The maximum Gasteiger partial charge on any atom is 0.0494 e. The van der Waals surface area contributed by atoms with Crippen LogP contribution in [0.2, 0.25) is 0 Å². The fraction of sp³-hybridized carbons (Fsp3) is 0.209. The van der Waals surface area contributed by atoms with Gasteiger partial charge in [0, 0.05) is 57.5 Å². The van der Waals surface area contributed by atoms with Gasteiger partial charge in [-0.15, -0.1) is 0 Å². The molecule has 0 amide bonds. The molecule has 4 aliphatic rings. The van der Waals surface area contributed by atoms with Gasteiger partial charge < -0.3 is 9.47 Å². The number of para-hydroxylation sites is 1. The van der Waals surface area contributed by atoms with Crippen molar-refractivity contribution in [3.8, 4) is 11.1 Å². The summed E-state index contributed by atoms with van der Waals surface area (Å²) in [5, 5.41) is 1.40. The molecule has 4 aromatic carbocycles. The van der Waals surface area contributed by atoms with Crippen molar-refractivity contribution < 1.29 is 0 Å². The Morgan fingerprint density at radius 2 is 1.51 bits per heavy atom. The van der Waals surface area contributed by atoms with Crippen molar-refractivity contribution in [1.29, 1.82) is 0 Å². The number of anilines is 2. The lowest BCUT2D eigenvalue weighted by molar-refractivity contribution is 0.471. The molecular weight excluding hydrogens is 544 g/mol. The molecule has 2 heteroatoms. The fourth-order valence-corrected chi connectivity index (χ4v) is 8.44. The third kappa shape index (κ3) is 4.46. The second kappa shape index (κ2) is 11.0. The van der Waals surface area contributed by atoms with Crippen LogP contribution in [0.1, 0.15) is 72.4 Å². The van der Waals surface area contributed by atoms with Crippen molar-refractivity contribution in [2.45, 2.75) is 56.0 Å². The number of hydrogen-bond acceptors (Lipinski definition) is 1.